The molecule has 20 heavy (non-hydrogen) atoms. The summed E-state index contributed by atoms with van der Waals surface area (Å²) in [5.41, 5.74) is 3.85. The molecule has 0 bridgehead atoms. The standard InChI is InChI=1S/C19H14O/c20-19-12-11-17(13-15-7-3-1-4-8-15)18(19)14-16-9-5-2-6-10-16/h1-14H/b17-13+,18-14+. The Hall–Kier alpha value is -2.67. The molecule has 0 aromatic heterocycles. The van der Waals surface area contributed by atoms with Crippen LogP contribution in [0.5, 0.6) is 0 Å². The summed E-state index contributed by atoms with van der Waals surface area (Å²) in [4.78, 5) is 12.0. The summed E-state index contributed by atoms with van der Waals surface area (Å²) < 4.78 is 0. The van der Waals surface area contributed by atoms with Crippen LogP contribution >= 0.6 is 0 Å². The van der Waals surface area contributed by atoms with Crippen LogP contribution in [0, 0.1) is 0 Å². The number of hydrogen-bond acceptors (Lipinski definition) is 1. The summed E-state index contributed by atoms with van der Waals surface area (Å²) in [5.74, 6) is 0.0658. The van der Waals surface area contributed by atoms with Crippen LogP contribution in [0.1, 0.15) is 11.1 Å². The fraction of sp³-hybridized carbons (Fsp3) is 0. The largest absolute Gasteiger partial charge is 0.289 e. The molecule has 0 fully saturated rings. The van der Waals surface area contributed by atoms with Gasteiger partial charge in [-0.2, -0.15) is 0 Å². The van der Waals surface area contributed by atoms with Crippen molar-refractivity contribution in [2.45, 2.75) is 0 Å². The second-order valence-corrected chi connectivity index (χ2v) is 4.68. The molecule has 96 valence electrons. The van der Waals surface area contributed by atoms with E-state index < -0.39 is 0 Å². The normalized spacial score (nSPS) is 18.1. The predicted octanol–water partition coefficient (Wildman–Crippen LogP) is 4.29. The van der Waals surface area contributed by atoms with Crippen LogP contribution < -0.4 is 0 Å². The molecule has 0 radical (unpaired) electrons. The molecule has 0 atom stereocenters. The molecule has 0 heterocycles. The number of benzene rings is 2. The molecular formula is C19H14O. The first-order valence-electron chi connectivity index (χ1n) is 6.59. The summed E-state index contributed by atoms with van der Waals surface area (Å²) in [6.45, 7) is 0. The van der Waals surface area contributed by atoms with Gasteiger partial charge in [0.1, 0.15) is 0 Å². The van der Waals surface area contributed by atoms with Crippen LogP contribution in [0.25, 0.3) is 12.2 Å². The first-order valence-corrected chi connectivity index (χ1v) is 6.59. The molecule has 1 heteroatoms. The Kier molecular flexibility index (Phi) is 3.42. The third-order valence-electron chi connectivity index (χ3n) is 3.22. The van der Waals surface area contributed by atoms with Gasteiger partial charge in [-0.3, -0.25) is 4.79 Å². The first kappa shape index (κ1) is 12.4. The molecular weight excluding hydrogens is 244 g/mol. The highest BCUT2D eigenvalue weighted by Gasteiger charge is 2.16. The summed E-state index contributed by atoms with van der Waals surface area (Å²) in [6.07, 6.45) is 7.49. The molecule has 0 saturated carbocycles. The third-order valence-corrected chi connectivity index (χ3v) is 3.22. The number of hydrogen-bond donors (Lipinski definition) is 0. The molecule has 0 amide bonds. The molecule has 2 aromatic carbocycles. The highest BCUT2D eigenvalue weighted by atomic mass is 16.1. The molecule has 0 unspecified atom stereocenters. The molecule has 3 rings (SSSR count). The average Bonchev–Trinajstić information content (AvgIpc) is 2.83. The first-order chi connectivity index (χ1) is 9.83. The van der Waals surface area contributed by atoms with Gasteiger partial charge in [-0.05, 0) is 34.9 Å². The Morgan fingerprint density at radius 2 is 1.20 bits per heavy atom. The van der Waals surface area contributed by atoms with E-state index in [2.05, 4.69) is 0 Å². The summed E-state index contributed by atoms with van der Waals surface area (Å²) in [5, 5.41) is 0. The van der Waals surface area contributed by atoms with E-state index >= 15 is 0 Å². The lowest BCUT2D eigenvalue weighted by molar-refractivity contribution is -0.110. The smallest absolute Gasteiger partial charge is 0.186 e. The van der Waals surface area contributed by atoms with Gasteiger partial charge in [-0.25, -0.2) is 0 Å². The number of carbonyl (C=O) groups excluding carboxylic acids is 1. The van der Waals surface area contributed by atoms with Crippen LogP contribution in [0.3, 0.4) is 0 Å². The average molecular weight is 258 g/mol. The van der Waals surface area contributed by atoms with Gasteiger partial charge in [0.05, 0.1) is 0 Å². The Morgan fingerprint density at radius 3 is 1.80 bits per heavy atom. The van der Waals surface area contributed by atoms with Crippen molar-refractivity contribution in [1.29, 1.82) is 0 Å². The predicted molar refractivity (Wildman–Crippen MR) is 83.0 cm³/mol. The summed E-state index contributed by atoms with van der Waals surface area (Å²) in [6, 6.07) is 19.9. The highest BCUT2D eigenvalue weighted by molar-refractivity contribution is 6.15. The van der Waals surface area contributed by atoms with Gasteiger partial charge in [-0.1, -0.05) is 66.7 Å². The summed E-state index contributed by atoms with van der Waals surface area (Å²) >= 11 is 0. The quantitative estimate of drug-likeness (QED) is 0.734. The van der Waals surface area contributed by atoms with E-state index in [0.717, 1.165) is 22.3 Å². The number of rotatable bonds is 2. The van der Waals surface area contributed by atoms with Gasteiger partial charge >= 0.3 is 0 Å². The molecule has 0 spiro atoms. The molecule has 1 nitrogen and oxygen atoms in total. The van der Waals surface area contributed by atoms with Gasteiger partial charge in [-0.15, -0.1) is 0 Å². The van der Waals surface area contributed by atoms with Crippen LogP contribution in [0.2, 0.25) is 0 Å². The van der Waals surface area contributed by atoms with Gasteiger partial charge in [0.15, 0.2) is 5.78 Å². The zero-order valence-electron chi connectivity index (χ0n) is 11.0. The van der Waals surface area contributed by atoms with Crippen LogP contribution in [0.15, 0.2) is 84.0 Å². The van der Waals surface area contributed by atoms with E-state index in [9.17, 15) is 4.79 Å². The van der Waals surface area contributed by atoms with Crippen molar-refractivity contribution < 1.29 is 4.79 Å². The number of allylic oxidation sites excluding steroid dienone is 4. The van der Waals surface area contributed by atoms with Crippen LogP contribution in [0.4, 0.5) is 0 Å². The van der Waals surface area contributed by atoms with Crippen molar-refractivity contribution >= 4 is 17.9 Å². The molecule has 2 aromatic rings. The SMILES string of the molecule is O=C1C=CC(=C\c2ccccc2)/C1=C\c1ccccc1. The zero-order valence-corrected chi connectivity index (χ0v) is 11.0. The molecule has 0 N–H and O–H groups in total. The topological polar surface area (TPSA) is 17.1 Å². The Labute approximate surface area is 118 Å². The van der Waals surface area contributed by atoms with E-state index in [4.69, 9.17) is 0 Å². The molecule has 1 aliphatic rings. The monoisotopic (exact) mass is 258 g/mol. The molecule has 0 aliphatic heterocycles. The maximum atomic E-state index is 12.0. The Morgan fingerprint density at radius 1 is 0.650 bits per heavy atom. The van der Waals surface area contributed by atoms with E-state index in [1.54, 1.807) is 6.08 Å². The summed E-state index contributed by atoms with van der Waals surface area (Å²) in [7, 11) is 0. The minimum absolute atomic E-state index is 0.0658. The van der Waals surface area contributed by atoms with Crippen molar-refractivity contribution in [3.8, 4) is 0 Å². The molecule has 1 aliphatic carbocycles. The number of carbonyl (C=O) groups is 1. The second-order valence-electron chi connectivity index (χ2n) is 4.68. The lowest BCUT2D eigenvalue weighted by Gasteiger charge is -2.01. The third kappa shape index (κ3) is 2.67. The van der Waals surface area contributed by atoms with Crippen molar-refractivity contribution in [3.05, 3.63) is 95.1 Å². The van der Waals surface area contributed by atoms with Crippen molar-refractivity contribution in [2.75, 3.05) is 0 Å². The van der Waals surface area contributed by atoms with E-state index in [1.807, 2.05) is 78.9 Å². The van der Waals surface area contributed by atoms with Crippen molar-refractivity contribution in [1.82, 2.24) is 0 Å². The Balaban J connectivity index is 1.99. The van der Waals surface area contributed by atoms with Crippen LogP contribution in [-0.2, 0) is 4.79 Å². The van der Waals surface area contributed by atoms with Gasteiger partial charge in [0, 0.05) is 5.57 Å². The lowest BCUT2D eigenvalue weighted by atomic mass is 10.0. The zero-order chi connectivity index (χ0) is 13.8. The van der Waals surface area contributed by atoms with Crippen molar-refractivity contribution in [2.24, 2.45) is 0 Å². The molecule has 0 saturated heterocycles. The minimum Gasteiger partial charge on any atom is -0.289 e. The lowest BCUT2D eigenvalue weighted by Crippen LogP contribution is -1.93. The fourth-order valence-electron chi connectivity index (χ4n) is 2.21. The Bertz CT molecular complexity index is 704. The van der Waals surface area contributed by atoms with E-state index in [1.165, 1.54) is 0 Å². The van der Waals surface area contributed by atoms with Crippen molar-refractivity contribution in [3.63, 3.8) is 0 Å². The van der Waals surface area contributed by atoms with Gasteiger partial charge < -0.3 is 0 Å². The maximum absolute atomic E-state index is 12.0. The fourth-order valence-corrected chi connectivity index (χ4v) is 2.21. The van der Waals surface area contributed by atoms with Crippen LogP contribution in [-0.4, -0.2) is 5.78 Å². The van der Waals surface area contributed by atoms with Gasteiger partial charge in [0.25, 0.3) is 0 Å². The van der Waals surface area contributed by atoms with E-state index in [0.29, 0.717) is 0 Å². The maximum Gasteiger partial charge on any atom is 0.186 e. The highest BCUT2D eigenvalue weighted by Crippen LogP contribution is 2.25. The second kappa shape index (κ2) is 5.54. The number of ketones is 1. The minimum atomic E-state index is 0.0658. The van der Waals surface area contributed by atoms with E-state index in [-0.39, 0.29) is 5.78 Å². The van der Waals surface area contributed by atoms with Gasteiger partial charge in [0.2, 0.25) is 0 Å².